The maximum absolute atomic E-state index is 5.48. The van der Waals surface area contributed by atoms with Gasteiger partial charge in [0.15, 0.2) is 5.82 Å². The summed E-state index contributed by atoms with van der Waals surface area (Å²) in [5.41, 5.74) is 6.38. The van der Waals surface area contributed by atoms with Gasteiger partial charge in [-0.15, -0.1) is 5.10 Å². The van der Waals surface area contributed by atoms with Crippen molar-refractivity contribution in [2.45, 2.75) is 6.92 Å². The number of aromatic nitrogens is 4. The molecule has 0 bridgehead atoms. The lowest BCUT2D eigenvalue weighted by Gasteiger charge is -1.99. The van der Waals surface area contributed by atoms with E-state index in [0.717, 1.165) is 11.5 Å². The van der Waals surface area contributed by atoms with E-state index in [1.165, 1.54) is 6.33 Å². The Morgan fingerprint density at radius 2 is 2.23 bits per heavy atom. The van der Waals surface area contributed by atoms with Crippen LogP contribution in [0, 0.1) is 6.92 Å². The van der Waals surface area contributed by atoms with Gasteiger partial charge in [-0.1, -0.05) is 0 Å². The van der Waals surface area contributed by atoms with Crippen LogP contribution in [-0.2, 0) is 0 Å². The van der Waals surface area contributed by atoms with E-state index in [2.05, 4.69) is 15.1 Å². The van der Waals surface area contributed by atoms with Gasteiger partial charge < -0.3 is 5.73 Å². The van der Waals surface area contributed by atoms with Crippen LogP contribution in [0.1, 0.15) is 5.69 Å². The van der Waals surface area contributed by atoms with E-state index in [1.807, 2.05) is 13.0 Å². The molecule has 0 aliphatic rings. The summed E-state index contributed by atoms with van der Waals surface area (Å²) in [6.45, 7) is 1.90. The third-order valence-corrected chi connectivity index (χ3v) is 1.63. The zero-order valence-electron chi connectivity index (χ0n) is 7.18. The molecule has 0 radical (unpaired) electrons. The predicted octanol–water partition coefficient (Wildman–Crippen LogP) is 0.553. The van der Waals surface area contributed by atoms with Crippen molar-refractivity contribution in [3.05, 3.63) is 30.4 Å². The SMILES string of the molecule is Cc1cc(-n2ccc(N)n2)ncn1. The molecule has 0 fully saturated rings. The molecule has 0 aliphatic heterocycles. The molecule has 0 amide bonds. The maximum Gasteiger partial charge on any atom is 0.156 e. The van der Waals surface area contributed by atoms with Gasteiger partial charge in [-0.2, -0.15) is 0 Å². The Labute approximate surface area is 75.2 Å². The van der Waals surface area contributed by atoms with Crippen molar-refractivity contribution < 1.29 is 0 Å². The number of nitrogens with zero attached hydrogens (tertiary/aromatic N) is 4. The monoisotopic (exact) mass is 175 g/mol. The van der Waals surface area contributed by atoms with E-state index < -0.39 is 0 Å². The van der Waals surface area contributed by atoms with Gasteiger partial charge in [0.05, 0.1) is 0 Å². The molecule has 0 saturated carbocycles. The fraction of sp³-hybridized carbons (Fsp3) is 0.125. The molecular weight excluding hydrogens is 166 g/mol. The Balaban J connectivity index is 2.46. The third kappa shape index (κ3) is 1.48. The number of aryl methyl sites for hydroxylation is 1. The van der Waals surface area contributed by atoms with Gasteiger partial charge in [-0.3, -0.25) is 0 Å². The molecular formula is C8H9N5. The van der Waals surface area contributed by atoms with Crippen LogP contribution >= 0.6 is 0 Å². The zero-order chi connectivity index (χ0) is 9.26. The van der Waals surface area contributed by atoms with Gasteiger partial charge in [0.25, 0.3) is 0 Å². The average molecular weight is 175 g/mol. The molecule has 0 unspecified atom stereocenters. The van der Waals surface area contributed by atoms with Crippen molar-refractivity contribution in [2.24, 2.45) is 0 Å². The standard InChI is InChI=1S/C8H9N5/c1-6-4-8(11-5-10-6)13-3-2-7(9)12-13/h2-5H,1H3,(H2,9,12). The highest BCUT2D eigenvalue weighted by atomic mass is 15.3. The van der Waals surface area contributed by atoms with Gasteiger partial charge in [-0.25, -0.2) is 14.6 Å². The van der Waals surface area contributed by atoms with Crippen molar-refractivity contribution in [3.63, 3.8) is 0 Å². The van der Waals surface area contributed by atoms with Crippen molar-refractivity contribution >= 4 is 5.82 Å². The highest BCUT2D eigenvalue weighted by Crippen LogP contribution is 2.05. The van der Waals surface area contributed by atoms with E-state index >= 15 is 0 Å². The van der Waals surface area contributed by atoms with Crippen LogP contribution in [0.25, 0.3) is 5.82 Å². The minimum atomic E-state index is 0.483. The lowest BCUT2D eigenvalue weighted by molar-refractivity contribution is 0.839. The summed E-state index contributed by atoms with van der Waals surface area (Å²) < 4.78 is 1.62. The summed E-state index contributed by atoms with van der Waals surface area (Å²) in [5.74, 6) is 1.21. The molecule has 0 aliphatic carbocycles. The van der Waals surface area contributed by atoms with Crippen LogP contribution in [0.3, 0.4) is 0 Å². The molecule has 0 atom stereocenters. The van der Waals surface area contributed by atoms with Gasteiger partial charge >= 0.3 is 0 Å². The first-order valence-corrected chi connectivity index (χ1v) is 3.86. The Morgan fingerprint density at radius 3 is 2.85 bits per heavy atom. The summed E-state index contributed by atoms with van der Waals surface area (Å²) in [7, 11) is 0. The van der Waals surface area contributed by atoms with Crippen molar-refractivity contribution in [2.75, 3.05) is 5.73 Å². The van der Waals surface area contributed by atoms with Crippen LogP contribution in [-0.4, -0.2) is 19.7 Å². The quantitative estimate of drug-likeness (QED) is 0.687. The van der Waals surface area contributed by atoms with Crippen LogP contribution in [0.2, 0.25) is 0 Å². The maximum atomic E-state index is 5.48. The van der Waals surface area contributed by atoms with Crippen molar-refractivity contribution in [3.8, 4) is 5.82 Å². The smallest absolute Gasteiger partial charge is 0.156 e. The van der Waals surface area contributed by atoms with Crippen LogP contribution in [0.4, 0.5) is 5.82 Å². The fourth-order valence-corrected chi connectivity index (χ4v) is 1.03. The molecule has 0 saturated heterocycles. The Hall–Kier alpha value is -1.91. The normalized spacial score (nSPS) is 10.2. The molecule has 2 N–H and O–H groups in total. The minimum Gasteiger partial charge on any atom is -0.382 e. The van der Waals surface area contributed by atoms with Crippen LogP contribution < -0.4 is 5.73 Å². The van der Waals surface area contributed by atoms with E-state index in [1.54, 1.807) is 16.9 Å². The number of hydrogen-bond acceptors (Lipinski definition) is 4. The number of nitrogens with two attached hydrogens (primary N) is 1. The van der Waals surface area contributed by atoms with E-state index in [-0.39, 0.29) is 0 Å². The third-order valence-electron chi connectivity index (χ3n) is 1.63. The minimum absolute atomic E-state index is 0.483. The van der Waals surface area contributed by atoms with Crippen LogP contribution in [0.15, 0.2) is 24.7 Å². The van der Waals surface area contributed by atoms with Crippen molar-refractivity contribution in [1.29, 1.82) is 0 Å². The summed E-state index contributed by atoms with van der Waals surface area (Å²) in [6, 6.07) is 3.56. The van der Waals surface area contributed by atoms with E-state index in [0.29, 0.717) is 5.82 Å². The molecule has 66 valence electrons. The summed E-state index contributed by atoms with van der Waals surface area (Å²) in [5, 5.41) is 4.03. The van der Waals surface area contributed by atoms with Gasteiger partial charge in [-0.05, 0) is 6.92 Å². The molecule has 0 aromatic carbocycles. The number of nitrogen functional groups attached to an aromatic ring is 1. The molecule has 2 heterocycles. The Morgan fingerprint density at radius 1 is 1.38 bits per heavy atom. The average Bonchev–Trinajstić information content (AvgIpc) is 2.52. The van der Waals surface area contributed by atoms with Gasteiger partial charge in [0.2, 0.25) is 0 Å². The largest absolute Gasteiger partial charge is 0.382 e. The van der Waals surface area contributed by atoms with Gasteiger partial charge in [0, 0.05) is 24.0 Å². The highest BCUT2D eigenvalue weighted by molar-refractivity contribution is 5.29. The molecule has 5 heteroatoms. The summed E-state index contributed by atoms with van der Waals surface area (Å²) in [4.78, 5) is 8.05. The highest BCUT2D eigenvalue weighted by Gasteiger charge is 1.99. The Kier molecular flexibility index (Phi) is 1.70. The molecule has 2 rings (SSSR count). The first-order valence-electron chi connectivity index (χ1n) is 3.86. The predicted molar refractivity (Wildman–Crippen MR) is 48.3 cm³/mol. The summed E-state index contributed by atoms with van der Waals surface area (Å²) >= 11 is 0. The molecule has 2 aromatic heterocycles. The van der Waals surface area contributed by atoms with Gasteiger partial charge in [0.1, 0.15) is 12.1 Å². The molecule has 0 spiro atoms. The fourth-order valence-electron chi connectivity index (χ4n) is 1.03. The second-order valence-electron chi connectivity index (χ2n) is 2.70. The topological polar surface area (TPSA) is 69.6 Å². The molecule has 13 heavy (non-hydrogen) atoms. The number of hydrogen-bond donors (Lipinski definition) is 1. The number of rotatable bonds is 1. The lowest BCUT2D eigenvalue weighted by atomic mass is 10.4. The van der Waals surface area contributed by atoms with Crippen LogP contribution in [0.5, 0.6) is 0 Å². The first-order chi connectivity index (χ1) is 6.25. The van der Waals surface area contributed by atoms with E-state index in [4.69, 9.17) is 5.73 Å². The lowest BCUT2D eigenvalue weighted by Crippen LogP contribution is -2.00. The zero-order valence-corrected chi connectivity index (χ0v) is 7.18. The number of anilines is 1. The molecule has 2 aromatic rings. The second-order valence-corrected chi connectivity index (χ2v) is 2.70. The second kappa shape index (κ2) is 2.85. The summed E-state index contributed by atoms with van der Waals surface area (Å²) in [6.07, 6.45) is 3.26. The molecule has 5 nitrogen and oxygen atoms in total. The van der Waals surface area contributed by atoms with E-state index in [9.17, 15) is 0 Å². The Bertz CT molecular complexity index is 420. The first kappa shape index (κ1) is 7.72. The van der Waals surface area contributed by atoms with Crippen molar-refractivity contribution in [1.82, 2.24) is 19.7 Å².